The highest BCUT2D eigenvalue weighted by Crippen LogP contribution is 2.27. The minimum absolute atomic E-state index is 0.277. The van der Waals surface area contributed by atoms with E-state index in [2.05, 4.69) is 30.2 Å². The molecule has 1 aliphatic heterocycles. The van der Waals surface area contributed by atoms with Gasteiger partial charge in [-0.25, -0.2) is 14.8 Å². The number of carbonyl (C=O) groups excluding carboxylic acids is 1. The highest BCUT2D eigenvalue weighted by molar-refractivity contribution is 5.71. The van der Waals surface area contributed by atoms with Crippen LogP contribution in [0.2, 0.25) is 0 Å². The zero-order valence-corrected chi connectivity index (χ0v) is 19.0. The maximum Gasteiger partial charge on any atom is 0.410 e. The number of carbonyl (C=O) groups is 1. The van der Waals surface area contributed by atoms with Crippen LogP contribution in [0.5, 0.6) is 0 Å². The molecule has 3 aromatic heterocycles. The molecule has 0 aromatic carbocycles. The summed E-state index contributed by atoms with van der Waals surface area (Å²) in [5.41, 5.74) is 8.70. The standard InChI is InChI=1S/C23H28N8O2/c1-23(2,3)33-22(32)31-8-6-30(7-9-31)18-10-16(13-26-14-18)19-11-17(24)12-20(28-19)29-21-15-25-4-5-27-21/h4-5,10-15H,6-9H2,1-3H3,(H3,24,27,28,29). The second kappa shape index (κ2) is 9.27. The molecule has 1 fully saturated rings. The minimum atomic E-state index is -0.502. The number of hydrogen-bond donors (Lipinski definition) is 2. The number of rotatable bonds is 4. The molecular formula is C23H28N8O2. The van der Waals surface area contributed by atoms with Crippen LogP contribution >= 0.6 is 0 Å². The summed E-state index contributed by atoms with van der Waals surface area (Å²) in [5.74, 6) is 1.15. The molecule has 0 unspecified atom stereocenters. The van der Waals surface area contributed by atoms with Crippen molar-refractivity contribution in [3.63, 3.8) is 0 Å². The van der Waals surface area contributed by atoms with Crippen molar-refractivity contribution in [2.24, 2.45) is 0 Å². The molecule has 33 heavy (non-hydrogen) atoms. The molecule has 172 valence electrons. The van der Waals surface area contributed by atoms with Gasteiger partial charge in [0.25, 0.3) is 0 Å². The van der Waals surface area contributed by atoms with E-state index in [0.29, 0.717) is 49.2 Å². The molecule has 10 nitrogen and oxygen atoms in total. The predicted molar refractivity (Wildman–Crippen MR) is 127 cm³/mol. The Bertz CT molecular complexity index is 1110. The van der Waals surface area contributed by atoms with Gasteiger partial charge in [0.15, 0.2) is 0 Å². The van der Waals surface area contributed by atoms with Crippen LogP contribution in [0.1, 0.15) is 20.8 Å². The van der Waals surface area contributed by atoms with Crippen LogP contribution in [0.4, 0.5) is 27.8 Å². The number of nitrogens with two attached hydrogens (primary N) is 1. The molecule has 3 aromatic rings. The van der Waals surface area contributed by atoms with E-state index in [9.17, 15) is 4.79 Å². The Labute approximate surface area is 192 Å². The summed E-state index contributed by atoms with van der Waals surface area (Å²) >= 11 is 0. The van der Waals surface area contributed by atoms with E-state index >= 15 is 0 Å². The van der Waals surface area contributed by atoms with E-state index in [1.165, 1.54) is 0 Å². The van der Waals surface area contributed by atoms with E-state index in [4.69, 9.17) is 10.5 Å². The lowest BCUT2D eigenvalue weighted by atomic mass is 10.1. The minimum Gasteiger partial charge on any atom is -0.444 e. The normalized spacial score (nSPS) is 14.2. The fourth-order valence-electron chi connectivity index (χ4n) is 3.47. The molecule has 0 radical (unpaired) electrons. The monoisotopic (exact) mass is 448 g/mol. The fourth-order valence-corrected chi connectivity index (χ4v) is 3.47. The van der Waals surface area contributed by atoms with Gasteiger partial charge in [-0.15, -0.1) is 0 Å². The number of nitrogens with one attached hydrogen (secondary N) is 1. The molecule has 0 spiro atoms. The van der Waals surface area contributed by atoms with Crippen LogP contribution in [0.25, 0.3) is 11.3 Å². The number of anilines is 4. The summed E-state index contributed by atoms with van der Waals surface area (Å²) in [6.07, 6.45) is 8.12. The lowest BCUT2D eigenvalue weighted by Crippen LogP contribution is -2.50. The quantitative estimate of drug-likeness (QED) is 0.619. The predicted octanol–water partition coefficient (Wildman–Crippen LogP) is 3.32. The average Bonchev–Trinajstić information content (AvgIpc) is 2.78. The van der Waals surface area contributed by atoms with Crippen LogP contribution < -0.4 is 16.0 Å². The molecule has 4 rings (SSSR count). The summed E-state index contributed by atoms with van der Waals surface area (Å²) in [6, 6.07) is 5.58. The Morgan fingerprint density at radius 3 is 2.48 bits per heavy atom. The Hall–Kier alpha value is -3.95. The SMILES string of the molecule is CC(C)(C)OC(=O)N1CCN(c2cncc(-c3cc(N)cc(Nc4cnccn4)n3)c2)CC1. The summed E-state index contributed by atoms with van der Waals surface area (Å²) in [5, 5.41) is 3.12. The van der Waals surface area contributed by atoms with Crippen LogP contribution in [-0.2, 0) is 4.74 Å². The summed E-state index contributed by atoms with van der Waals surface area (Å²) in [4.78, 5) is 33.6. The molecular weight excluding hydrogens is 420 g/mol. The number of hydrogen-bond acceptors (Lipinski definition) is 9. The number of amides is 1. The van der Waals surface area contributed by atoms with Crippen LogP contribution in [0.15, 0.2) is 49.2 Å². The Balaban J connectivity index is 1.47. The third-order valence-electron chi connectivity index (χ3n) is 4.98. The van der Waals surface area contributed by atoms with Gasteiger partial charge in [-0.2, -0.15) is 0 Å². The van der Waals surface area contributed by atoms with Gasteiger partial charge in [0.2, 0.25) is 0 Å². The van der Waals surface area contributed by atoms with E-state index < -0.39 is 5.60 Å². The van der Waals surface area contributed by atoms with Crippen molar-refractivity contribution in [1.82, 2.24) is 24.8 Å². The first-order chi connectivity index (χ1) is 15.8. The summed E-state index contributed by atoms with van der Waals surface area (Å²) in [7, 11) is 0. The molecule has 0 atom stereocenters. The largest absolute Gasteiger partial charge is 0.444 e. The van der Waals surface area contributed by atoms with Gasteiger partial charge in [0.1, 0.15) is 17.2 Å². The number of ether oxygens (including phenoxy) is 1. The van der Waals surface area contributed by atoms with Gasteiger partial charge >= 0.3 is 6.09 Å². The first-order valence-electron chi connectivity index (χ1n) is 10.8. The van der Waals surface area contributed by atoms with Crippen molar-refractivity contribution < 1.29 is 9.53 Å². The first-order valence-corrected chi connectivity index (χ1v) is 10.8. The highest BCUT2D eigenvalue weighted by Gasteiger charge is 2.26. The Morgan fingerprint density at radius 1 is 1.00 bits per heavy atom. The zero-order chi connectivity index (χ0) is 23.4. The number of nitrogens with zero attached hydrogens (tertiary/aromatic N) is 6. The van der Waals surface area contributed by atoms with Crippen LogP contribution in [0, 0.1) is 0 Å². The van der Waals surface area contributed by atoms with Crippen molar-refractivity contribution in [2.75, 3.05) is 42.1 Å². The highest BCUT2D eigenvalue weighted by atomic mass is 16.6. The van der Waals surface area contributed by atoms with Crippen molar-refractivity contribution in [3.05, 3.63) is 49.2 Å². The molecule has 0 saturated carbocycles. The van der Waals surface area contributed by atoms with E-state index in [1.54, 1.807) is 35.8 Å². The van der Waals surface area contributed by atoms with Gasteiger partial charge in [-0.05, 0) is 32.9 Å². The molecule has 1 saturated heterocycles. The Morgan fingerprint density at radius 2 is 1.79 bits per heavy atom. The van der Waals surface area contributed by atoms with Gasteiger partial charge in [-0.1, -0.05) is 0 Å². The van der Waals surface area contributed by atoms with Gasteiger partial charge < -0.3 is 25.6 Å². The van der Waals surface area contributed by atoms with Gasteiger partial charge in [-0.3, -0.25) is 9.97 Å². The number of pyridine rings is 2. The zero-order valence-electron chi connectivity index (χ0n) is 19.0. The van der Waals surface area contributed by atoms with Crippen molar-refractivity contribution >= 4 is 29.1 Å². The molecule has 1 aliphatic rings. The van der Waals surface area contributed by atoms with E-state index in [1.807, 2.05) is 39.1 Å². The maximum atomic E-state index is 12.3. The van der Waals surface area contributed by atoms with Crippen molar-refractivity contribution in [2.45, 2.75) is 26.4 Å². The van der Waals surface area contributed by atoms with Crippen LogP contribution in [0.3, 0.4) is 0 Å². The molecule has 3 N–H and O–H groups in total. The van der Waals surface area contributed by atoms with E-state index in [-0.39, 0.29) is 6.09 Å². The molecule has 0 aliphatic carbocycles. The lowest BCUT2D eigenvalue weighted by Gasteiger charge is -2.36. The third kappa shape index (κ3) is 5.85. The molecule has 4 heterocycles. The summed E-state index contributed by atoms with van der Waals surface area (Å²) < 4.78 is 5.48. The van der Waals surface area contributed by atoms with Crippen molar-refractivity contribution in [3.8, 4) is 11.3 Å². The lowest BCUT2D eigenvalue weighted by molar-refractivity contribution is 0.0240. The van der Waals surface area contributed by atoms with Gasteiger partial charge in [0.05, 0.1) is 23.8 Å². The topological polar surface area (TPSA) is 122 Å². The van der Waals surface area contributed by atoms with E-state index in [0.717, 1.165) is 11.3 Å². The first kappa shape index (κ1) is 22.3. The average molecular weight is 449 g/mol. The number of nitrogen functional groups attached to an aromatic ring is 1. The molecule has 0 bridgehead atoms. The fraction of sp³-hybridized carbons (Fsp3) is 0.348. The third-order valence-corrected chi connectivity index (χ3v) is 4.98. The number of piperazine rings is 1. The summed E-state index contributed by atoms with van der Waals surface area (Å²) in [6.45, 7) is 8.16. The smallest absolute Gasteiger partial charge is 0.410 e. The number of aromatic nitrogens is 4. The maximum absolute atomic E-state index is 12.3. The molecule has 1 amide bonds. The second-order valence-electron chi connectivity index (χ2n) is 8.77. The second-order valence-corrected chi connectivity index (χ2v) is 8.77. The van der Waals surface area contributed by atoms with Crippen LogP contribution in [-0.4, -0.2) is 62.7 Å². The Kier molecular flexibility index (Phi) is 6.25. The van der Waals surface area contributed by atoms with Crippen molar-refractivity contribution in [1.29, 1.82) is 0 Å². The van der Waals surface area contributed by atoms with Gasteiger partial charge in [0, 0.05) is 62.1 Å². The molecule has 10 heteroatoms.